The summed E-state index contributed by atoms with van der Waals surface area (Å²) in [5.41, 5.74) is 0.658. The van der Waals surface area contributed by atoms with Gasteiger partial charge in [0.1, 0.15) is 0 Å². The first-order valence-electron chi connectivity index (χ1n) is 6.83. The standard InChI is InChI=1S/C15H28N2O/c1-13(2)8-10-17(12-15(3,4)18)11-14-7-6-9-16(14)5/h6-7,9,13,18H,8,10-12H2,1-5H3. The van der Waals surface area contributed by atoms with Crippen molar-refractivity contribution in [2.45, 2.75) is 46.3 Å². The van der Waals surface area contributed by atoms with Gasteiger partial charge in [-0.05, 0) is 44.9 Å². The van der Waals surface area contributed by atoms with Crippen LogP contribution in [0, 0.1) is 5.92 Å². The molecule has 0 saturated carbocycles. The van der Waals surface area contributed by atoms with E-state index in [2.05, 4.69) is 48.7 Å². The van der Waals surface area contributed by atoms with Crippen LogP contribution in [-0.4, -0.2) is 33.3 Å². The molecule has 0 aromatic carbocycles. The number of rotatable bonds is 7. The van der Waals surface area contributed by atoms with Gasteiger partial charge in [-0.3, -0.25) is 4.90 Å². The number of aryl methyl sites for hydroxylation is 1. The van der Waals surface area contributed by atoms with E-state index in [4.69, 9.17) is 0 Å². The third-order valence-electron chi connectivity index (χ3n) is 3.07. The third kappa shape index (κ3) is 5.69. The summed E-state index contributed by atoms with van der Waals surface area (Å²) >= 11 is 0. The van der Waals surface area contributed by atoms with Gasteiger partial charge in [-0.25, -0.2) is 0 Å². The molecule has 0 radical (unpaired) electrons. The third-order valence-corrected chi connectivity index (χ3v) is 3.07. The van der Waals surface area contributed by atoms with Crippen LogP contribution in [-0.2, 0) is 13.6 Å². The second kappa shape index (κ2) is 6.39. The highest BCUT2D eigenvalue weighted by atomic mass is 16.3. The minimum Gasteiger partial charge on any atom is -0.389 e. The Kier molecular flexibility index (Phi) is 5.42. The number of aromatic nitrogens is 1. The summed E-state index contributed by atoms with van der Waals surface area (Å²) in [4.78, 5) is 2.34. The van der Waals surface area contributed by atoms with E-state index in [9.17, 15) is 5.11 Å². The Bertz CT molecular complexity index is 350. The summed E-state index contributed by atoms with van der Waals surface area (Å²) in [6, 6.07) is 4.22. The van der Waals surface area contributed by atoms with E-state index >= 15 is 0 Å². The quantitative estimate of drug-likeness (QED) is 0.808. The van der Waals surface area contributed by atoms with Crippen molar-refractivity contribution >= 4 is 0 Å². The second-order valence-electron chi connectivity index (χ2n) is 6.32. The first kappa shape index (κ1) is 15.3. The fraction of sp³-hybridized carbons (Fsp3) is 0.733. The van der Waals surface area contributed by atoms with Crippen LogP contribution in [0.3, 0.4) is 0 Å². The van der Waals surface area contributed by atoms with Crippen LogP contribution in [0.1, 0.15) is 39.8 Å². The molecule has 0 unspecified atom stereocenters. The molecule has 1 rings (SSSR count). The fourth-order valence-corrected chi connectivity index (χ4v) is 2.09. The average molecular weight is 252 g/mol. The summed E-state index contributed by atoms with van der Waals surface area (Å²) in [6.45, 7) is 10.9. The predicted molar refractivity (Wildman–Crippen MR) is 76.4 cm³/mol. The van der Waals surface area contributed by atoms with E-state index in [1.54, 1.807) is 0 Å². The van der Waals surface area contributed by atoms with Gasteiger partial charge >= 0.3 is 0 Å². The monoisotopic (exact) mass is 252 g/mol. The van der Waals surface area contributed by atoms with Crippen LogP contribution in [0.2, 0.25) is 0 Å². The number of nitrogens with zero attached hydrogens (tertiary/aromatic N) is 2. The summed E-state index contributed by atoms with van der Waals surface area (Å²) in [5, 5.41) is 10.0. The van der Waals surface area contributed by atoms with Gasteiger partial charge in [-0.15, -0.1) is 0 Å². The van der Waals surface area contributed by atoms with Crippen molar-refractivity contribution in [3.05, 3.63) is 24.0 Å². The zero-order chi connectivity index (χ0) is 13.8. The fourth-order valence-electron chi connectivity index (χ4n) is 2.09. The molecule has 104 valence electrons. The molecule has 3 heteroatoms. The largest absolute Gasteiger partial charge is 0.389 e. The Labute approximate surface area is 111 Å². The highest BCUT2D eigenvalue weighted by Crippen LogP contribution is 2.12. The van der Waals surface area contributed by atoms with E-state index in [0.717, 1.165) is 13.1 Å². The van der Waals surface area contributed by atoms with Gasteiger partial charge in [0.2, 0.25) is 0 Å². The van der Waals surface area contributed by atoms with Gasteiger partial charge in [0.05, 0.1) is 5.60 Å². The maximum atomic E-state index is 10.0. The van der Waals surface area contributed by atoms with Crippen molar-refractivity contribution in [2.75, 3.05) is 13.1 Å². The van der Waals surface area contributed by atoms with Crippen LogP contribution in [0.5, 0.6) is 0 Å². The predicted octanol–water partition coefficient (Wildman–Crippen LogP) is 2.64. The van der Waals surface area contributed by atoms with Crippen molar-refractivity contribution in [1.29, 1.82) is 0 Å². The summed E-state index contributed by atoms with van der Waals surface area (Å²) in [6.07, 6.45) is 3.24. The van der Waals surface area contributed by atoms with Crippen molar-refractivity contribution in [3.63, 3.8) is 0 Å². The molecule has 0 fully saturated rings. The van der Waals surface area contributed by atoms with Crippen LogP contribution < -0.4 is 0 Å². The van der Waals surface area contributed by atoms with E-state index in [0.29, 0.717) is 12.5 Å². The van der Waals surface area contributed by atoms with Crippen LogP contribution >= 0.6 is 0 Å². The normalized spacial score (nSPS) is 12.7. The number of hydrogen-bond acceptors (Lipinski definition) is 2. The van der Waals surface area contributed by atoms with Gasteiger partial charge in [0.15, 0.2) is 0 Å². The highest BCUT2D eigenvalue weighted by Gasteiger charge is 2.19. The highest BCUT2D eigenvalue weighted by molar-refractivity contribution is 5.06. The molecule has 0 spiro atoms. The lowest BCUT2D eigenvalue weighted by Crippen LogP contribution is -2.39. The summed E-state index contributed by atoms with van der Waals surface area (Å²) in [5.74, 6) is 0.697. The Balaban J connectivity index is 2.62. The van der Waals surface area contributed by atoms with Crippen LogP contribution in [0.15, 0.2) is 18.3 Å². The SMILES string of the molecule is CC(C)CCN(Cc1cccn1C)CC(C)(C)O. The molecular formula is C15H28N2O. The lowest BCUT2D eigenvalue weighted by atomic mass is 10.1. The lowest BCUT2D eigenvalue weighted by Gasteiger charge is -2.29. The molecular weight excluding hydrogens is 224 g/mol. The van der Waals surface area contributed by atoms with Crippen molar-refractivity contribution in [3.8, 4) is 0 Å². The molecule has 18 heavy (non-hydrogen) atoms. The van der Waals surface area contributed by atoms with Gasteiger partial charge in [0, 0.05) is 32.0 Å². The Morgan fingerprint density at radius 1 is 1.39 bits per heavy atom. The Hall–Kier alpha value is -0.800. The molecule has 0 saturated heterocycles. The van der Waals surface area contributed by atoms with Gasteiger partial charge in [-0.2, -0.15) is 0 Å². The van der Waals surface area contributed by atoms with E-state index in [1.807, 2.05) is 13.8 Å². The topological polar surface area (TPSA) is 28.4 Å². The second-order valence-corrected chi connectivity index (χ2v) is 6.32. The van der Waals surface area contributed by atoms with Gasteiger partial charge in [-0.1, -0.05) is 13.8 Å². The Morgan fingerprint density at radius 2 is 2.06 bits per heavy atom. The van der Waals surface area contributed by atoms with Crippen molar-refractivity contribution in [2.24, 2.45) is 13.0 Å². The zero-order valence-electron chi connectivity index (χ0n) is 12.5. The molecule has 1 aromatic heterocycles. The smallest absolute Gasteiger partial charge is 0.0718 e. The molecule has 1 aromatic rings. The summed E-state index contributed by atoms with van der Waals surface area (Å²) in [7, 11) is 2.07. The van der Waals surface area contributed by atoms with Crippen LogP contribution in [0.4, 0.5) is 0 Å². The molecule has 0 bridgehead atoms. The van der Waals surface area contributed by atoms with E-state index in [1.165, 1.54) is 12.1 Å². The molecule has 0 atom stereocenters. The first-order valence-corrected chi connectivity index (χ1v) is 6.83. The van der Waals surface area contributed by atoms with Gasteiger partial charge < -0.3 is 9.67 Å². The minimum atomic E-state index is -0.637. The van der Waals surface area contributed by atoms with Crippen molar-refractivity contribution < 1.29 is 5.11 Å². The molecule has 0 aliphatic heterocycles. The molecule has 3 nitrogen and oxygen atoms in total. The van der Waals surface area contributed by atoms with Gasteiger partial charge in [0.25, 0.3) is 0 Å². The number of aliphatic hydroxyl groups is 1. The molecule has 0 aliphatic rings. The molecule has 1 N–H and O–H groups in total. The zero-order valence-corrected chi connectivity index (χ0v) is 12.5. The Morgan fingerprint density at radius 3 is 2.50 bits per heavy atom. The van der Waals surface area contributed by atoms with E-state index in [-0.39, 0.29) is 0 Å². The van der Waals surface area contributed by atoms with Crippen LogP contribution in [0.25, 0.3) is 0 Å². The lowest BCUT2D eigenvalue weighted by molar-refractivity contribution is 0.0313. The average Bonchev–Trinajstić information content (AvgIpc) is 2.59. The maximum absolute atomic E-state index is 10.0. The van der Waals surface area contributed by atoms with E-state index < -0.39 is 5.60 Å². The molecule has 0 aliphatic carbocycles. The molecule has 0 amide bonds. The number of hydrogen-bond donors (Lipinski definition) is 1. The first-order chi connectivity index (χ1) is 8.28. The van der Waals surface area contributed by atoms with Crippen molar-refractivity contribution in [1.82, 2.24) is 9.47 Å². The maximum Gasteiger partial charge on any atom is 0.0718 e. The molecule has 1 heterocycles. The summed E-state index contributed by atoms with van der Waals surface area (Å²) < 4.78 is 2.15. The minimum absolute atomic E-state index is 0.637.